The van der Waals surface area contributed by atoms with E-state index in [2.05, 4.69) is 20.8 Å². The van der Waals surface area contributed by atoms with Gasteiger partial charge in [0.15, 0.2) is 0 Å². The first-order valence-electron chi connectivity index (χ1n) is 10.4. The van der Waals surface area contributed by atoms with Crippen LogP contribution >= 0.6 is 0 Å². The molecule has 0 aromatic carbocycles. The fourth-order valence-electron chi connectivity index (χ4n) is 6.41. The van der Waals surface area contributed by atoms with Gasteiger partial charge in [0.2, 0.25) is 5.92 Å². The highest BCUT2D eigenvalue weighted by Crippen LogP contribution is 2.59. The van der Waals surface area contributed by atoms with Gasteiger partial charge < -0.3 is 4.74 Å². The maximum atomic E-state index is 14.0. The average Bonchev–Trinajstić information content (AvgIpc) is 2.86. The van der Waals surface area contributed by atoms with Crippen molar-refractivity contribution in [2.45, 2.75) is 97.0 Å². The van der Waals surface area contributed by atoms with Crippen LogP contribution in [0.5, 0.6) is 0 Å². The van der Waals surface area contributed by atoms with Gasteiger partial charge in [0.25, 0.3) is 0 Å². The molecule has 0 bridgehead atoms. The highest BCUT2D eigenvalue weighted by atomic mass is 19.3. The highest BCUT2D eigenvalue weighted by Gasteiger charge is 2.54. The molecule has 0 spiro atoms. The summed E-state index contributed by atoms with van der Waals surface area (Å²) in [6.07, 6.45) is 9.08. The van der Waals surface area contributed by atoms with Crippen LogP contribution in [0.1, 0.15) is 85.0 Å². The lowest BCUT2D eigenvalue weighted by Gasteiger charge is -2.50. The Morgan fingerprint density at radius 2 is 1.71 bits per heavy atom. The van der Waals surface area contributed by atoms with Gasteiger partial charge in [0.05, 0.1) is 6.10 Å². The topological polar surface area (TPSA) is 9.23 Å². The van der Waals surface area contributed by atoms with Crippen LogP contribution in [0.25, 0.3) is 0 Å². The van der Waals surface area contributed by atoms with Crippen LogP contribution in [0, 0.1) is 29.1 Å². The third-order valence-corrected chi connectivity index (χ3v) is 7.80. The van der Waals surface area contributed by atoms with Crippen molar-refractivity contribution in [2.75, 3.05) is 6.61 Å². The Labute approximate surface area is 146 Å². The van der Waals surface area contributed by atoms with E-state index in [4.69, 9.17) is 4.74 Å². The van der Waals surface area contributed by atoms with Gasteiger partial charge in [-0.05, 0) is 81.0 Å². The van der Waals surface area contributed by atoms with Crippen LogP contribution in [0.15, 0.2) is 0 Å². The summed E-state index contributed by atoms with van der Waals surface area (Å²) in [6, 6.07) is 0. The number of hydrogen-bond donors (Lipinski definition) is 0. The molecule has 3 aliphatic rings. The van der Waals surface area contributed by atoms with Gasteiger partial charge in [-0.2, -0.15) is 0 Å². The summed E-state index contributed by atoms with van der Waals surface area (Å²) in [7, 11) is 0. The van der Waals surface area contributed by atoms with Crippen molar-refractivity contribution in [3.05, 3.63) is 0 Å². The van der Waals surface area contributed by atoms with Crippen LogP contribution in [-0.4, -0.2) is 18.6 Å². The Bertz CT molecular complexity index is 424. The van der Waals surface area contributed by atoms with Gasteiger partial charge in [0, 0.05) is 19.4 Å². The standard InChI is InChI=1S/C21H36F2O/c1-4-24-19-9-8-18-17-7-5-6-12-21(22,23)14-10-15(2)16(17)11-13-20(18,19)3/h15-19H,4-14H2,1-3H3/t15-,16?,17+,18?,19-,20-/m0/s1. The largest absolute Gasteiger partial charge is 0.378 e. The normalized spacial score (nSPS) is 46.1. The maximum Gasteiger partial charge on any atom is 0.248 e. The Balaban J connectivity index is 1.77. The molecule has 0 aliphatic heterocycles. The molecular weight excluding hydrogens is 306 g/mol. The fourth-order valence-corrected chi connectivity index (χ4v) is 6.41. The van der Waals surface area contributed by atoms with E-state index in [-0.39, 0.29) is 12.8 Å². The molecule has 0 aromatic heterocycles. The quantitative estimate of drug-likeness (QED) is 0.559. The smallest absolute Gasteiger partial charge is 0.248 e. The van der Waals surface area contributed by atoms with E-state index in [1.54, 1.807) is 0 Å². The molecule has 24 heavy (non-hydrogen) atoms. The molecule has 1 nitrogen and oxygen atoms in total. The molecule has 140 valence electrons. The van der Waals surface area contributed by atoms with E-state index in [0.717, 1.165) is 31.3 Å². The number of halogens is 2. The predicted octanol–water partition coefficient (Wildman–Crippen LogP) is 6.46. The van der Waals surface area contributed by atoms with Crippen LogP contribution in [0.2, 0.25) is 0 Å². The average molecular weight is 343 g/mol. The first kappa shape index (κ1) is 18.6. The number of hydrogen-bond acceptors (Lipinski definition) is 1. The van der Waals surface area contributed by atoms with Crippen LogP contribution in [0.3, 0.4) is 0 Å². The Kier molecular flexibility index (Phi) is 5.59. The van der Waals surface area contributed by atoms with Gasteiger partial charge >= 0.3 is 0 Å². The zero-order chi connectivity index (χ0) is 17.4. The van der Waals surface area contributed by atoms with E-state index in [0.29, 0.717) is 36.2 Å². The minimum Gasteiger partial charge on any atom is -0.378 e. The summed E-state index contributed by atoms with van der Waals surface area (Å²) in [4.78, 5) is 0. The lowest BCUT2D eigenvalue weighted by atomic mass is 9.56. The number of alkyl halides is 2. The second-order valence-corrected chi connectivity index (χ2v) is 9.12. The van der Waals surface area contributed by atoms with Crippen LogP contribution in [-0.2, 0) is 4.74 Å². The molecule has 0 amide bonds. The fraction of sp³-hybridized carbons (Fsp3) is 1.00. The Morgan fingerprint density at radius 3 is 2.46 bits per heavy atom. The summed E-state index contributed by atoms with van der Waals surface area (Å²) in [5.74, 6) is 0.135. The van der Waals surface area contributed by atoms with Crippen molar-refractivity contribution in [1.82, 2.24) is 0 Å². The zero-order valence-corrected chi connectivity index (χ0v) is 15.8. The Morgan fingerprint density at radius 1 is 0.917 bits per heavy atom. The van der Waals surface area contributed by atoms with Crippen molar-refractivity contribution in [1.29, 1.82) is 0 Å². The number of fused-ring (bicyclic) bond motifs is 3. The summed E-state index contributed by atoms with van der Waals surface area (Å²) in [6.45, 7) is 7.62. The molecule has 0 aromatic rings. The van der Waals surface area contributed by atoms with E-state index in [1.165, 1.54) is 25.7 Å². The van der Waals surface area contributed by atoms with E-state index in [1.807, 2.05) is 0 Å². The van der Waals surface area contributed by atoms with Gasteiger partial charge in [-0.1, -0.05) is 20.3 Å². The molecule has 3 saturated carbocycles. The van der Waals surface area contributed by atoms with Gasteiger partial charge in [-0.25, -0.2) is 8.78 Å². The van der Waals surface area contributed by atoms with E-state index < -0.39 is 5.92 Å². The van der Waals surface area contributed by atoms with Crippen molar-refractivity contribution in [3.63, 3.8) is 0 Å². The molecular formula is C21H36F2O. The summed E-state index contributed by atoms with van der Waals surface area (Å²) in [5.41, 5.74) is 0.324. The minimum absolute atomic E-state index is 0.0978. The van der Waals surface area contributed by atoms with Crippen molar-refractivity contribution < 1.29 is 13.5 Å². The first-order valence-corrected chi connectivity index (χ1v) is 10.4. The monoisotopic (exact) mass is 342 g/mol. The first-order chi connectivity index (χ1) is 11.4. The molecule has 3 heteroatoms. The summed E-state index contributed by atoms with van der Waals surface area (Å²) >= 11 is 0. The molecule has 0 heterocycles. The highest BCUT2D eigenvalue weighted by molar-refractivity contribution is 5.04. The Hall–Kier alpha value is -0.180. The van der Waals surface area contributed by atoms with Crippen LogP contribution in [0.4, 0.5) is 8.78 Å². The third kappa shape index (κ3) is 3.52. The molecule has 6 atom stereocenters. The molecule has 0 radical (unpaired) electrons. The van der Waals surface area contributed by atoms with Crippen LogP contribution < -0.4 is 0 Å². The van der Waals surface area contributed by atoms with Gasteiger partial charge in [0.1, 0.15) is 0 Å². The van der Waals surface area contributed by atoms with Crippen molar-refractivity contribution >= 4 is 0 Å². The van der Waals surface area contributed by atoms with Gasteiger partial charge in [-0.3, -0.25) is 0 Å². The summed E-state index contributed by atoms with van der Waals surface area (Å²) < 4.78 is 34.0. The molecule has 3 aliphatic carbocycles. The summed E-state index contributed by atoms with van der Waals surface area (Å²) in [5, 5.41) is 0. The second kappa shape index (κ2) is 7.21. The van der Waals surface area contributed by atoms with Crippen molar-refractivity contribution in [2.24, 2.45) is 29.1 Å². The zero-order valence-electron chi connectivity index (χ0n) is 15.8. The third-order valence-electron chi connectivity index (χ3n) is 7.80. The SMILES string of the molecule is CCO[C@H]1CCC2[C@@H]3CCCCC(F)(F)CC[C@H](C)C3CC[C@@]21C. The van der Waals surface area contributed by atoms with Crippen molar-refractivity contribution in [3.8, 4) is 0 Å². The molecule has 0 saturated heterocycles. The minimum atomic E-state index is -2.43. The maximum absolute atomic E-state index is 14.0. The second-order valence-electron chi connectivity index (χ2n) is 9.12. The molecule has 0 N–H and O–H groups in total. The van der Waals surface area contributed by atoms with Gasteiger partial charge in [-0.15, -0.1) is 0 Å². The van der Waals surface area contributed by atoms with E-state index >= 15 is 0 Å². The van der Waals surface area contributed by atoms with E-state index in [9.17, 15) is 8.78 Å². The molecule has 2 unspecified atom stereocenters. The lowest BCUT2D eigenvalue weighted by molar-refractivity contribution is -0.0826. The molecule has 3 fully saturated rings. The molecule has 3 rings (SSSR count). The lowest BCUT2D eigenvalue weighted by Crippen LogP contribution is -2.45. The predicted molar refractivity (Wildman–Crippen MR) is 94.3 cm³/mol. The number of ether oxygens (including phenoxy) is 1. The number of rotatable bonds is 2.